The molecule has 0 aromatic carbocycles. The van der Waals surface area contributed by atoms with E-state index in [1.165, 1.54) is 5.57 Å². The monoisotopic (exact) mass is 141 g/mol. The average Bonchev–Trinajstić information content (AvgIpc) is 1.88. The molecule has 5 N–H and O–H groups in total. The zero-order valence-corrected chi connectivity index (χ0v) is 6.35. The molecule has 0 aromatic rings. The summed E-state index contributed by atoms with van der Waals surface area (Å²) >= 11 is 0. The van der Waals surface area contributed by atoms with E-state index in [0.29, 0.717) is 0 Å². The molecule has 0 saturated carbocycles. The Morgan fingerprint density at radius 1 is 1.60 bits per heavy atom. The van der Waals surface area contributed by atoms with Gasteiger partial charge in [0.2, 0.25) is 0 Å². The molecule has 10 heavy (non-hydrogen) atoms. The second-order valence-electron chi connectivity index (χ2n) is 2.77. The van der Waals surface area contributed by atoms with Gasteiger partial charge in [-0.1, -0.05) is 0 Å². The third-order valence-electron chi connectivity index (χ3n) is 1.85. The Morgan fingerprint density at radius 2 is 2.30 bits per heavy atom. The topological polar surface area (TPSA) is 64.1 Å². The fourth-order valence-electron chi connectivity index (χ4n) is 1.17. The predicted octanol–water partition coefficient (Wildman–Crippen LogP) is -0.460. The van der Waals surface area contributed by atoms with Crippen LogP contribution in [0.25, 0.3) is 0 Å². The molecule has 0 saturated heterocycles. The minimum atomic E-state index is 0.104. The second-order valence-corrected chi connectivity index (χ2v) is 2.77. The van der Waals surface area contributed by atoms with Crippen LogP contribution in [0.4, 0.5) is 0 Å². The molecule has 1 atom stereocenters. The van der Waals surface area contributed by atoms with Crippen molar-refractivity contribution in [2.24, 2.45) is 11.5 Å². The van der Waals surface area contributed by atoms with Gasteiger partial charge in [-0.25, -0.2) is 0 Å². The molecule has 0 spiro atoms. The van der Waals surface area contributed by atoms with E-state index in [0.717, 1.165) is 25.2 Å². The van der Waals surface area contributed by atoms with Gasteiger partial charge >= 0.3 is 0 Å². The van der Waals surface area contributed by atoms with E-state index in [4.69, 9.17) is 11.5 Å². The molecule has 0 radical (unpaired) electrons. The van der Waals surface area contributed by atoms with Gasteiger partial charge < -0.3 is 16.8 Å². The summed E-state index contributed by atoms with van der Waals surface area (Å²) < 4.78 is 0. The van der Waals surface area contributed by atoms with Gasteiger partial charge in [0.1, 0.15) is 0 Å². The summed E-state index contributed by atoms with van der Waals surface area (Å²) in [5, 5.41) is 3.23. The van der Waals surface area contributed by atoms with Crippen LogP contribution in [0.1, 0.15) is 13.3 Å². The molecule has 3 nitrogen and oxygen atoms in total. The van der Waals surface area contributed by atoms with E-state index in [-0.39, 0.29) is 6.04 Å². The van der Waals surface area contributed by atoms with Crippen molar-refractivity contribution in [2.45, 2.75) is 19.4 Å². The van der Waals surface area contributed by atoms with Crippen LogP contribution in [0.5, 0.6) is 0 Å². The van der Waals surface area contributed by atoms with Crippen LogP contribution in [0, 0.1) is 0 Å². The summed E-state index contributed by atoms with van der Waals surface area (Å²) in [6.07, 6.45) is 0.941. The fourth-order valence-corrected chi connectivity index (χ4v) is 1.17. The van der Waals surface area contributed by atoms with Crippen molar-refractivity contribution in [3.8, 4) is 0 Å². The van der Waals surface area contributed by atoms with Gasteiger partial charge in [0.25, 0.3) is 0 Å². The molecular formula is C7H15N3. The smallest absolute Gasteiger partial charge is 0.0257 e. The molecule has 1 unspecified atom stereocenters. The lowest BCUT2D eigenvalue weighted by molar-refractivity contribution is 0.630. The van der Waals surface area contributed by atoms with Crippen LogP contribution in [0.2, 0.25) is 0 Å². The van der Waals surface area contributed by atoms with Crippen molar-refractivity contribution in [1.82, 2.24) is 5.32 Å². The van der Waals surface area contributed by atoms with Gasteiger partial charge in [0.15, 0.2) is 0 Å². The summed E-state index contributed by atoms with van der Waals surface area (Å²) in [5.74, 6) is 0. The summed E-state index contributed by atoms with van der Waals surface area (Å²) in [7, 11) is 0. The normalized spacial score (nSPS) is 23.0. The lowest BCUT2D eigenvalue weighted by Gasteiger charge is -2.20. The molecule has 3 heteroatoms. The standard InChI is InChI=1S/C7H15N3/c1-5(8)6-4-10-3-2-7(6)9/h5,10H,2-4,8-9H2,1H3. The minimum Gasteiger partial charge on any atom is -0.402 e. The SMILES string of the molecule is CC(N)C1=C(N)CCNC1. The Balaban J connectivity index is 2.68. The molecular weight excluding hydrogens is 126 g/mol. The lowest BCUT2D eigenvalue weighted by atomic mass is 10.0. The third-order valence-corrected chi connectivity index (χ3v) is 1.85. The Hall–Kier alpha value is -0.540. The highest BCUT2D eigenvalue weighted by molar-refractivity contribution is 5.20. The third kappa shape index (κ3) is 1.49. The predicted molar refractivity (Wildman–Crippen MR) is 42.3 cm³/mol. The van der Waals surface area contributed by atoms with Gasteiger partial charge in [-0.2, -0.15) is 0 Å². The van der Waals surface area contributed by atoms with Crippen LogP contribution >= 0.6 is 0 Å². The molecule has 1 aliphatic heterocycles. The first-order valence-corrected chi connectivity index (χ1v) is 3.65. The molecule has 1 heterocycles. The van der Waals surface area contributed by atoms with Crippen LogP contribution in [0.3, 0.4) is 0 Å². The summed E-state index contributed by atoms with van der Waals surface area (Å²) in [4.78, 5) is 0. The molecule has 0 aromatic heterocycles. The van der Waals surface area contributed by atoms with Crippen LogP contribution < -0.4 is 16.8 Å². The van der Waals surface area contributed by atoms with Crippen molar-refractivity contribution in [1.29, 1.82) is 0 Å². The first-order chi connectivity index (χ1) is 4.72. The Morgan fingerprint density at radius 3 is 2.70 bits per heavy atom. The van der Waals surface area contributed by atoms with Gasteiger partial charge in [0.05, 0.1) is 0 Å². The molecule has 0 fully saturated rings. The van der Waals surface area contributed by atoms with Gasteiger partial charge in [-0.15, -0.1) is 0 Å². The highest BCUT2D eigenvalue weighted by atomic mass is 14.9. The molecule has 0 bridgehead atoms. The highest BCUT2D eigenvalue weighted by Gasteiger charge is 2.11. The quantitative estimate of drug-likeness (QED) is 0.463. The highest BCUT2D eigenvalue weighted by Crippen LogP contribution is 2.08. The molecule has 1 rings (SSSR count). The molecule has 1 aliphatic rings. The van der Waals surface area contributed by atoms with Gasteiger partial charge in [-0.3, -0.25) is 0 Å². The van der Waals surface area contributed by atoms with Crippen molar-refractivity contribution in [3.05, 3.63) is 11.3 Å². The van der Waals surface area contributed by atoms with E-state index in [9.17, 15) is 0 Å². The maximum absolute atomic E-state index is 5.74. The largest absolute Gasteiger partial charge is 0.402 e. The fraction of sp³-hybridized carbons (Fsp3) is 0.714. The van der Waals surface area contributed by atoms with E-state index < -0.39 is 0 Å². The average molecular weight is 141 g/mol. The number of hydrogen-bond acceptors (Lipinski definition) is 3. The number of rotatable bonds is 1. The van der Waals surface area contributed by atoms with Crippen LogP contribution in [0.15, 0.2) is 11.3 Å². The van der Waals surface area contributed by atoms with E-state index in [2.05, 4.69) is 5.32 Å². The zero-order chi connectivity index (χ0) is 7.56. The van der Waals surface area contributed by atoms with Crippen LogP contribution in [-0.4, -0.2) is 19.1 Å². The maximum Gasteiger partial charge on any atom is 0.0257 e. The number of nitrogens with one attached hydrogen (secondary N) is 1. The minimum absolute atomic E-state index is 0.104. The van der Waals surface area contributed by atoms with Crippen molar-refractivity contribution < 1.29 is 0 Å². The van der Waals surface area contributed by atoms with Gasteiger partial charge in [0, 0.05) is 24.8 Å². The maximum atomic E-state index is 5.74. The Bertz CT molecular complexity index is 149. The molecule has 58 valence electrons. The number of hydrogen-bond donors (Lipinski definition) is 3. The lowest BCUT2D eigenvalue weighted by Crippen LogP contribution is -2.35. The van der Waals surface area contributed by atoms with E-state index >= 15 is 0 Å². The van der Waals surface area contributed by atoms with Gasteiger partial charge in [-0.05, 0) is 18.9 Å². The summed E-state index contributed by atoms with van der Waals surface area (Å²) in [6, 6.07) is 0.104. The Labute approximate surface area is 61.5 Å². The number of nitrogens with two attached hydrogens (primary N) is 2. The van der Waals surface area contributed by atoms with Crippen molar-refractivity contribution in [3.63, 3.8) is 0 Å². The summed E-state index contributed by atoms with van der Waals surface area (Å²) in [6.45, 7) is 3.82. The van der Waals surface area contributed by atoms with Crippen LogP contribution in [-0.2, 0) is 0 Å². The zero-order valence-electron chi connectivity index (χ0n) is 6.35. The first kappa shape index (κ1) is 7.57. The molecule has 0 amide bonds. The first-order valence-electron chi connectivity index (χ1n) is 3.65. The van der Waals surface area contributed by atoms with Crippen molar-refractivity contribution >= 4 is 0 Å². The van der Waals surface area contributed by atoms with E-state index in [1.54, 1.807) is 0 Å². The van der Waals surface area contributed by atoms with Crippen molar-refractivity contribution in [2.75, 3.05) is 13.1 Å². The summed E-state index contributed by atoms with van der Waals surface area (Å²) in [5.41, 5.74) is 13.6. The molecule has 0 aliphatic carbocycles. The van der Waals surface area contributed by atoms with E-state index in [1.807, 2.05) is 6.92 Å². The Kier molecular flexibility index (Phi) is 2.29. The second kappa shape index (κ2) is 3.03.